The molecule has 0 bridgehead atoms. The Balaban J connectivity index is 1.49. The SMILES string of the molecule is CCN1CCCC1CNC(=O)c1cc(C(=O)c2c(-c3ccc(Br)cc3)noc2C)c[nH]1. The highest BCUT2D eigenvalue weighted by Crippen LogP contribution is 2.28. The summed E-state index contributed by atoms with van der Waals surface area (Å²) in [6.07, 6.45) is 3.81. The van der Waals surface area contributed by atoms with E-state index in [2.05, 4.69) is 43.2 Å². The molecule has 1 aliphatic heterocycles. The van der Waals surface area contributed by atoms with Crippen molar-refractivity contribution in [1.82, 2.24) is 20.4 Å². The van der Waals surface area contributed by atoms with E-state index in [4.69, 9.17) is 4.52 Å². The Morgan fingerprint density at radius 1 is 1.32 bits per heavy atom. The lowest BCUT2D eigenvalue weighted by atomic mass is 9.99. The van der Waals surface area contributed by atoms with Gasteiger partial charge in [0, 0.05) is 34.4 Å². The number of likely N-dealkylation sites (N-methyl/N-ethyl adjacent to an activating group) is 1. The summed E-state index contributed by atoms with van der Waals surface area (Å²) in [5, 5.41) is 7.08. The first-order valence-corrected chi connectivity index (χ1v) is 11.2. The molecule has 3 aromatic rings. The highest BCUT2D eigenvalue weighted by Gasteiger charge is 2.26. The zero-order chi connectivity index (χ0) is 22.0. The highest BCUT2D eigenvalue weighted by molar-refractivity contribution is 9.10. The van der Waals surface area contributed by atoms with Gasteiger partial charge in [-0.2, -0.15) is 0 Å². The van der Waals surface area contributed by atoms with Crippen molar-refractivity contribution in [2.24, 2.45) is 0 Å². The van der Waals surface area contributed by atoms with Gasteiger partial charge in [-0.1, -0.05) is 40.1 Å². The molecule has 1 atom stereocenters. The van der Waals surface area contributed by atoms with Crippen molar-refractivity contribution < 1.29 is 14.1 Å². The van der Waals surface area contributed by atoms with Crippen LogP contribution in [0.2, 0.25) is 0 Å². The molecule has 4 rings (SSSR count). The number of likely N-dealkylation sites (tertiary alicyclic amines) is 1. The number of halogens is 1. The molecule has 1 fully saturated rings. The van der Waals surface area contributed by atoms with Crippen LogP contribution in [0.25, 0.3) is 11.3 Å². The molecule has 0 aliphatic carbocycles. The maximum atomic E-state index is 13.2. The van der Waals surface area contributed by atoms with Crippen LogP contribution in [-0.2, 0) is 0 Å². The molecule has 1 unspecified atom stereocenters. The number of aromatic amines is 1. The van der Waals surface area contributed by atoms with Crippen molar-refractivity contribution in [3.8, 4) is 11.3 Å². The van der Waals surface area contributed by atoms with Gasteiger partial charge >= 0.3 is 0 Å². The van der Waals surface area contributed by atoms with Gasteiger partial charge in [-0.25, -0.2) is 0 Å². The van der Waals surface area contributed by atoms with Crippen molar-refractivity contribution in [3.63, 3.8) is 0 Å². The second-order valence-corrected chi connectivity index (χ2v) is 8.65. The van der Waals surface area contributed by atoms with Crippen LogP contribution in [0.1, 0.15) is 51.9 Å². The predicted molar refractivity (Wildman–Crippen MR) is 121 cm³/mol. The normalized spacial score (nSPS) is 16.5. The molecule has 0 saturated carbocycles. The van der Waals surface area contributed by atoms with Gasteiger partial charge in [0.05, 0.1) is 5.56 Å². The molecule has 0 radical (unpaired) electrons. The first-order chi connectivity index (χ1) is 15.0. The van der Waals surface area contributed by atoms with Gasteiger partial charge in [0.2, 0.25) is 0 Å². The zero-order valence-corrected chi connectivity index (χ0v) is 19.2. The minimum Gasteiger partial charge on any atom is -0.360 e. The molecule has 1 aliphatic rings. The molecule has 31 heavy (non-hydrogen) atoms. The molecular formula is C23H25BrN4O3. The van der Waals surface area contributed by atoms with Gasteiger partial charge in [0.15, 0.2) is 5.78 Å². The standard InChI is InChI=1S/C23H25BrN4O3/c1-3-28-10-4-5-18(28)13-26-23(30)19-11-16(12-25-19)22(29)20-14(2)31-27-21(20)15-6-8-17(24)9-7-15/h6-9,11-12,18,25H,3-5,10,13H2,1-2H3,(H,26,30). The van der Waals surface area contributed by atoms with E-state index >= 15 is 0 Å². The third-order valence-corrected chi connectivity index (χ3v) is 6.33. The number of amides is 1. The fraction of sp³-hybridized carbons (Fsp3) is 0.348. The van der Waals surface area contributed by atoms with Crippen molar-refractivity contribution in [3.05, 3.63) is 63.6 Å². The maximum Gasteiger partial charge on any atom is 0.267 e. The molecule has 1 amide bonds. The van der Waals surface area contributed by atoms with E-state index in [9.17, 15) is 9.59 Å². The number of carbonyl (C=O) groups excluding carboxylic acids is 2. The van der Waals surface area contributed by atoms with Crippen LogP contribution < -0.4 is 5.32 Å². The topological polar surface area (TPSA) is 91.2 Å². The molecule has 1 saturated heterocycles. The van der Waals surface area contributed by atoms with Gasteiger partial charge in [0.1, 0.15) is 17.1 Å². The molecule has 1 aromatic carbocycles. The highest BCUT2D eigenvalue weighted by atomic mass is 79.9. The smallest absolute Gasteiger partial charge is 0.267 e. The van der Waals surface area contributed by atoms with Crippen molar-refractivity contribution in [2.45, 2.75) is 32.7 Å². The van der Waals surface area contributed by atoms with Crippen LogP contribution in [0.15, 0.2) is 45.5 Å². The molecule has 2 aromatic heterocycles. The summed E-state index contributed by atoms with van der Waals surface area (Å²) in [4.78, 5) is 31.1. The number of carbonyl (C=O) groups is 2. The number of hydrogen-bond acceptors (Lipinski definition) is 5. The monoisotopic (exact) mass is 484 g/mol. The van der Waals surface area contributed by atoms with E-state index in [1.165, 1.54) is 0 Å². The number of hydrogen-bond donors (Lipinski definition) is 2. The van der Waals surface area contributed by atoms with Crippen LogP contribution in [-0.4, -0.2) is 52.4 Å². The van der Waals surface area contributed by atoms with Gasteiger partial charge in [-0.05, 0) is 51.1 Å². The van der Waals surface area contributed by atoms with E-state index in [0.29, 0.717) is 40.9 Å². The summed E-state index contributed by atoms with van der Waals surface area (Å²) in [6.45, 7) is 6.52. The van der Waals surface area contributed by atoms with E-state index in [0.717, 1.165) is 36.0 Å². The summed E-state index contributed by atoms with van der Waals surface area (Å²) >= 11 is 3.41. The lowest BCUT2D eigenvalue weighted by Gasteiger charge is -2.22. The van der Waals surface area contributed by atoms with Crippen molar-refractivity contribution in [2.75, 3.05) is 19.6 Å². The van der Waals surface area contributed by atoms with Gasteiger partial charge in [-0.15, -0.1) is 0 Å². The van der Waals surface area contributed by atoms with Crippen LogP contribution in [0, 0.1) is 6.92 Å². The average molecular weight is 485 g/mol. The largest absolute Gasteiger partial charge is 0.360 e. The number of nitrogens with one attached hydrogen (secondary N) is 2. The summed E-state index contributed by atoms with van der Waals surface area (Å²) in [5.41, 5.74) is 2.43. The molecule has 2 N–H and O–H groups in total. The van der Waals surface area contributed by atoms with E-state index < -0.39 is 0 Å². The van der Waals surface area contributed by atoms with Crippen LogP contribution in [0.4, 0.5) is 0 Å². The molecule has 3 heterocycles. The molecule has 0 spiro atoms. The third-order valence-electron chi connectivity index (χ3n) is 5.80. The number of H-pyrrole nitrogens is 1. The number of aromatic nitrogens is 2. The summed E-state index contributed by atoms with van der Waals surface area (Å²) in [6, 6.07) is 9.47. The Morgan fingerprint density at radius 3 is 2.84 bits per heavy atom. The van der Waals surface area contributed by atoms with Gasteiger partial charge in [0.25, 0.3) is 5.91 Å². The molecule has 8 heteroatoms. The second-order valence-electron chi connectivity index (χ2n) is 7.74. The number of benzene rings is 1. The Bertz CT molecular complexity index is 1090. The minimum atomic E-state index is -0.236. The van der Waals surface area contributed by atoms with Gasteiger partial charge in [-0.3, -0.25) is 14.5 Å². The Hall–Kier alpha value is -2.71. The van der Waals surface area contributed by atoms with Crippen LogP contribution in [0.3, 0.4) is 0 Å². The zero-order valence-electron chi connectivity index (χ0n) is 17.6. The lowest BCUT2D eigenvalue weighted by Crippen LogP contribution is -2.40. The lowest BCUT2D eigenvalue weighted by molar-refractivity contribution is 0.0937. The van der Waals surface area contributed by atoms with Crippen molar-refractivity contribution in [1.29, 1.82) is 0 Å². The molecular weight excluding hydrogens is 460 g/mol. The van der Waals surface area contributed by atoms with Crippen LogP contribution in [0.5, 0.6) is 0 Å². The Morgan fingerprint density at radius 2 is 2.10 bits per heavy atom. The molecule has 162 valence electrons. The molecule has 7 nitrogen and oxygen atoms in total. The van der Waals surface area contributed by atoms with E-state index in [1.54, 1.807) is 19.2 Å². The second kappa shape index (κ2) is 9.20. The maximum absolute atomic E-state index is 13.2. The third kappa shape index (κ3) is 4.50. The fourth-order valence-electron chi connectivity index (χ4n) is 4.09. The average Bonchev–Trinajstić information content (AvgIpc) is 3.51. The predicted octanol–water partition coefficient (Wildman–Crippen LogP) is 4.19. The first kappa shape index (κ1) is 21.5. The van der Waals surface area contributed by atoms with Gasteiger partial charge < -0.3 is 14.8 Å². The van der Waals surface area contributed by atoms with Crippen LogP contribution >= 0.6 is 15.9 Å². The summed E-state index contributed by atoms with van der Waals surface area (Å²) in [5.74, 6) is -0.00638. The number of ketones is 1. The number of rotatable bonds is 7. The Kier molecular flexibility index (Phi) is 6.38. The Labute approximate surface area is 189 Å². The van der Waals surface area contributed by atoms with E-state index in [1.807, 2.05) is 24.3 Å². The fourth-order valence-corrected chi connectivity index (χ4v) is 4.36. The minimum absolute atomic E-state index is 0.211. The van der Waals surface area contributed by atoms with E-state index in [-0.39, 0.29) is 11.7 Å². The summed E-state index contributed by atoms with van der Waals surface area (Å²) in [7, 11) is 0. The van der Waals surface area contributed by atoms with Crippen molar-refractivity contribution >= 4 is 27.6 Å². The quantitative estimate of drug-likeness (QED) is 0.490. The number of nitrogens with zero attached hydrogens (tertiary/aromatic N) is 2. The summed E-state index contributed by atoms with van der Waals surface area (Å²) < 4.78 is 6.25. The number of aryl methyl sites for hydroxylation is 1. The first-order valence-electron chi connectivity index (χ1n) is 10.5.